The number of rotatable bonds is 3. The van der Waals surface area contributed by atoms with Crippen molar-refractivity contribution in [2.75, 3.05) is 26.7 Å². The van der Waals surface area contributed by atoms with E-state index < -0.39 is 0 Å². The average Bonchev–Trinajstić information content (AvgIpc) is 2.97. The Labute approximate surface area is 133 Å². The Balaban J connectivity index is 1.81. The summed E-state index contributed by atoms with van der Waals surface area (Å²) < 4.78 is 5.32. The van der Waals surface area contributed by atoms with Gasteiger partial charge in [0.25, 0.3) is 5.91 Å². The third-order valence-corrected chi connectivity index (χ3v) is 3.79. The van der Waals surface area contributed by atoms with E-state index >= 15 is 0 Å². The van der Waals surface area contributed by atoms with Gasteiger partial charge in [-0.15, -0.1) is 0 Å². The van der Waals surface area contributed by atoms with Crippen molar-refractivity contribution >= 4 is 11.8 Å². The fourth-order valence-corrected chi connectivity index (χ4v) is 2.57. The number of amides is 2. The number of methoxy groups -OCH3 is 1. The second kappa shape index (κ2) is 6.51. The highest BCUT2D eigenvalue weighted by atomic mass is 16.5. The van der Waals surface area contributed by atoms with Gasteiger partial charge in [0.1, 0.15) is 11.4 Å². The van der Waals surface area contributed by atoms with Gasteiger partial charge in [0.05, 0.1) is 12.8 Å². The van der Waals surface area contributed by atoms with Crippen LogP contribution in [0.15, 0.2) is 30.3 Å². The van der Waals surface area contributed by atoms with E-state index in [0.717, 1.165) is 5.56 Å². The molecular weight excluding hydrogens is 296 g/mol. The molecule has 23 heavy (non-hydrogen) atoms. The summed E-state index contributed by atoms with van der Waals surface area (Å²) in [4.78, 5) is 25.6. The zero-order chi connectivity index (χ0) is 16.2. The maximum Gasteiger partial charge on any atom is 0.271 e. The monoisotopic (exact) mass is 314 g/mol. The number of nitrogens with zero attached hydrogens (tertiary/aromatic N) is 2. The van der Waals surface area contributed by atoms with Crippen molar-refractivity contribution in [1.82, 2.24) is 20.4 Å². The number of H-pyrrole nitrogens is 1. The number of carbonyl (C=O) groups is 2. The molecule has 2 amide bonds. The summed E-state index contributed by atoms with van der Waals surface area (Å²) in [7, 11) is 1.60. The molecule has 0 aliphatic carbocycles. The van der Waals surface area contributed by atoms with Gasteiger partial charge in [-0.2, -0.15) is 5.10 Å². The molecule has 1 aliphatic heterocycles. The first-order chi connectivity index (χ1) is 11.2. The number of nitrogens with one attached hydrogen (secondary N) is 2. The molecule has 0 radical (unpaired) electrons. The molecule has 1 saturated heterocycles. The number of aromatic nitrogens is 2. The van der Waals surface area contributed by atoms with Crippen molar-refractivity contribution in [1.29, 1.82) is 0 Å². The lowest BCUT2D eigenvalue weighted by atomic mass is 10.1. The van der Waals surface area contributed by atoms with E-state index in [1.54, 1.807) is 18.1 Å². The zero-order valence-electron chi connectivity index (χ0n) is 12.8. The van der Waals surface area contributed by atoms with Crippen molar-refractivity contribution in [2.45, 2.75) is 6.42 Å². The first-order valence-corrected chi connectivity index (χ1v) is 7.44. The Morgan fingerprint density at radius 1 is 1.30 bits per heavy atom. The van der Waals surface area contributed by atoms with Crippen molar-refractivity contribution in [3.05, 3.63) is 36.0 Å². The third-order valence-electron chi connectivity index (χ3n) is 3.79. The van der Waals surface area contributed by atoms with Gasteiger partial charge in [-0.1, -0.05) is 12.1 Å². The van der Waals surface area contributed by atoms with Crippen LogP contribution in [0.5, 0.6) is 5.75 Å². The number of hydrogen-bond donors (Lipinski definition) is 2. The van der Waals surface area contributed by atoms with Gasteiger partial charge >= 0.3 is 0 Å². The van der Waals surface area contributed by atoms with Gasteiger partial charge < -0.3 is 15.0 Å². The van der Waals surface area contributed by atoms with Gasteiger partial charge in [0, 0.05) is 31.6 Å². The Bertz CT molecular complexity index is 726. The molecular formula is C16H18N4O3. The largest absolute Gasteiger partial charge is 0.496 e. The fourth-order valence-electron chi connectivity index (χ4n) is 2.57. The van der Waals surface area contributed by atoms with Crippen molar-refractivity contribution in [3.8, 4) is 17.0 Å². The maximum atomic E-state index is 12.5. The number of aromatic amines is 1. The molecule has 2 heterocycles. The topological polar surface area (TPSA) is 87.3 Å². The second-order valence-electron chi connectivity index (χ2n) is 5.26. The molecule has 0 atom stereocenters. The molecule has 1 aromatic carbocycles. The molecule has 0 spiro atoms. The summed E-state index contributed by atoms with van der Waals surface area (Å²) in [5.74, 6) is 0.511. The normalized spacial score (nSPS) is 15.0. The summed E-state index contributed by atoms with van der Waals surface area (Å²) in [5, 5.41) is 9.75. The van der Waals surface area contributed by atoms with Crippen LogP contribution in [-0.2, 0) is 4.79 Å². The highest BCUT2D eigenvalue weighted by Crippen LogP contribution is 2.28. The quantitative estimate of drug-likeness (QED) is 0.886. The number of para-hydroxylation sites is 1. The average molecular weight is 314 g/mol. The Kier molecular flexibility index (Phi) is 4.27. The lowest BCUT2D eigenvalue weighted by Gasteiger charge is -2.18. The van der Waals surface area contributed by atoms with E-state index in [1.807, 2.05) is 24.3 Å². The molecule has 1 fully saturated rings. The van der Waals surface area contributed by atoms with Crippen LogP contribution in [0.3, 0.4) is 0 Å². The molecule has 7 heteroatoms. The van der Waals surface area contributed by atoms with Crippen molar-refractivity contribution < 1.29 is 14.3 Å². The van der Waals surface area contributed by atoms with Crippen LogP contribution in [0.4, 0.5) is 0 Å². The van der Waals surface area contributed by atoms with Crippen molar-refractivity contribution in [2.24, 2.45) is 0 Å². The summed E-state index contributed by atoms with van der Waals surface area (Å²) in [6.45, 7) is 1.37. The molecule has 1 aromatic heterocycles. The predicted octanol–water partition coefficient (Wildman–Crippen LogP) is 1.05. The van der Waals surface area contributed by atoms with Crippen LogP contribution < -0.4 is 10.1 Å². The van der Waals surface area contributed by atoms with E-state index in [2.05, 4.69) is 15.5 Å². The molecule has 7 nitrogen and oxygen atoms in total. The van der Waals surface area contributed by atoms with Crippen molar-refractivity contribution in [3.63, 3.8) is 0 Å². The Morgan fingerprint density at radius 3 is 2.96 bits per heavy atom. The van der Waals surface area contributed by atoms with Gasteiger partial charge in [0.15, 0.2) is 0 Å². The van der Waals surface area contributed by atoms with Crippen LogP contribution in [0.25, 0.3) is 11.3 Å². The number of benzene rings is 1. The van der Waals surface area contributed by atoms with Crippen LogP contribution in [-0.4, -0.2) is 53.7 Å². The molecule has 0 unspecified atom stereocenters. The lowest BCUT2D eigenvalue weighted by molar-refractivity contribution is -0.120. The molecule has 3 rings (SSSR count). The Morgan fingerprint density at radius 2 is 2.13 bits per heavy atom. The van der Waals surface area contributed by atoms with Gasteiger partial charge in [-0.25, -0.2) is 0 Å². The number of carbonyl (C=O) groups excluding carboxylic acids is 2. The first-order valence-electron chi connectivity index (χ1n) is 7.44. The van der Waals surface area contributed by atoms with E-state index in [0.29, 0.717) is 43.2 Å². The van der Waals surface area contributed by atoms with E-state index in [9.17, 15) is 9.59 Å². The zero-order valence-corrected chi connectivity index (χ0v) is 12.8. The predicted molar refractivity (Wildman–Crippen MR) is 84.1 cm³/mol. The highest BCUT2D eigenvalue weighted by molar-refractivity contribution is 5.94. The first kappa shape index (κ1) is 15.1. The maximum absolute atomic E-state index is 12.5. The molecule has 0 saturated carbocycles. The molecule has 2 N–H and O–H groups in total. The SMILES string of the molecule is COc1ccccc1-c1cc(C(=O)N2CCNC(=O)CC2)[nH]n1. The molecule has 2 aromatic rings. The smallest absolute Gasteiger partial charge is 0.271 e. The highest BCUT2D eigenvalue weighted by Gasteiger charge is 2.22. The van der Waals surface area contributed by atoms with Crippen LogP contribution in [0.2, 0.25) is 0 Å². The Hall–Kier alpha value is -2.83. The fraction of sp³-hybridized carbons (Fsp3) is 0.312. The van der Waals surface area contributed by atoms with E-state index in [-0.39, 0.29) is 11.8 Å². The number of ether oxygens (including phenoxy) is 1. The molecule has 120 valence electrons. The molecule has 0 bridgehead atoms. The standard InChI is InChI=1S/C16H18N4O3/c1-23-14-5-3-2-4-11(14)12-10-13(19-18-12)16(22)20-8-6-15(21)17-7-9-20/h2-5,10H,6-9H2,1H3,(H,17,21)(H,18,19). The van der Waals surface area contributed by atoms with Crippen LogP contribution >= 0.6 is 0 Å². The van der Waals surface area contributed by atoms with E-state index in [1.165, 1.54) is 0 Å². The summed E-state index contributed by atoms with van der Waals surface area (Å²) in [6, 6.07) is 9.21. The minimum absolute atomic E-state index is 0.0281. The second-order valence-corrected chi connectivity index (χ2v) is 5.26. The summed E-state index contributed by atoms with van der Waals surface area (Å²) in [6.07, 6.45) is 0.319. The summed E-state index contributed by atoms with van der Waals surface area (Å²) in [5.41, 5.74) is 1.87. The number of hydrogen-bond acceptors (Lipinski definition) is 4. The summed E-state index contributed by atoms with van der Waals surface area (Å²) >= 11 is 0. The third kappa shape index (κ3) is 3.18. The minimum atomic E-state index is -0.157. The van der Waals surface area contributed by atoms with E-state index in [4.69, 9.17) is 4.74 Å². The lowest BCUT2D eigenvalue weighted by Crippen LogP contribution is -2.34. The van der Waals surface area contributed by atoms with Crippen LogP contribution in [0.1, 0.15) is 16.9 Å². The minimum Gasteiger partial charge on any atom is -0.496 e. The van der Waals surface area contributed by atoms with Gasteiger partial charge in [0.2, 0.25) is 5.91 Å². The van der Waals surface area contributed by atoms with Gasteiger partial charge in [-0.05, 0) is 18.2 Å². The van der Waals surface area contributed by atoms with Gasteiger partial charge in [-0.3, -0.25) is 14.7 Å². The van der Waals surface area contributed by atoms with Crippen LogP contribution in [0, 0.1) is 0 Å². The molecule has 1 aliphatic rings.